The van der Waals surface area contributed by atoms with Crippen LogP contribution in [0.2, 0.25) is 0 Å². The van der Waals surface area contributed by atoms with Gasteiger partial charge in [0.15, 0.2) is 11.6 Å². The summed E-state index contributed by atoms with van der Waals surface area (Å²) in [5.74, 6) is 0.231. The summed E-state index contributed by atoms with van der Waals surface area (Å²) in [5, 5.41) is 13.9. The molecular weight excluding hydrogens is 555 g/mol. The van der Waals surface area contributed by atoms with E-state index in [9.17, 15) is 9.50 Å². The lowest BCUT2D eigenvalue weighted by Crippen LogP contribution is -2.37. The lowest BCUT2D eigenvalue weighted by Gasteiger charge is -2.27. The number of ether oxygens (including phenoxy) is 1. The average molecular weight is 569 g/mol. The zero-order valence-corrected chi connectivity index (χ0v) is 17.2. The van der Waals surface area contributed by atoms with Gasteiger partial charge in [0, 0.05) is 13.1 Å². The topological polar surface area (TPSA) is 82.9 Å². The van der Waals surface area contributed by atoms with Crippen molar-refractivity contribution < 1.29 is 14.2 Å². The second kappa shape index (κ2) is 8.40. The lowest BCUT2D eigenvalue weighted by atomic mass is 10.2. The van der Waals surface area contributed by atoms with E-state index in [4.69, 9.17) is 4.74 Å². The normalized spacial score (nSPS) is 14.9. The number of aromatic nitrogens is 2. The van der Waals surface area contributed by atoms with E-state index in [1.807, 2.05) is 4.90 Å². The molecule has 1 saturated heterocycles. The Labute approximate surface area is 171 Å². The molecule has 0 radical (unpaired) electrons. The van der Waals surface area contributed by atoms with Crippen molar-refractivity contribution in [3.05, 3.63) is 36.9 Å². The van der Waals surface area contributed by atoms with Crippen LogP contribution in [0.1, 0.15) is 5.56 Å². The first-order valence-corrected chi connectivity index (χ1v) is 9.52. The van der Waals surface area contributed by atoms with Gasteiger partial charge in [0.05, 0.1) is 32.8 Å². The minimum atomic E-state index is -0.473. The Morgan fingerprint density at radius 3 is 2.64 bits per heavy atom. The molecule has 0 aliphatic carbocycles. The Balaban J connectivity index is 1.73. The van der Waals surface area contributed by atoms with Gasteiger partial charge in [-0.1, -0.05) is 0 Å². The number of nitrogens with one attached hydrogen (secondary N) is 1. The van der Waals surface area contributed by atoms with Crippen molar-refractivity contribution >= 4 is 63.2 Å². The van der Waals surface area contributed by atoms with Crippen LogP contribution >= 0.6 is 45.2 Å². The van der Waals surface area contributed by atoms with Gasteiger partial charge in [-0.15, -0.1) is 0 Å². The fraction of sp³-hybridized carbons (Fsp3) is 0.267. The summed E-state index contributed by atoms with van der Waals surface area (Å²) in [7, 11) is 0. The Hall–Kier alpha value is -1.28. The Morgan fingerprint density at radius 1 is 1.28 bits per heavy atom. The molecule has 2 N–H and O–H groups in total. The van der Waals surface area contributed by atoms with Gasteiger partial charge >= 0.3 is 0 Å². The second-order valence-electron chi connectivity index (χ2n) is 5.17. The maximum Gasteiger partial charge on any atom is 0.245 e. The molecule has 1 fully saturated rings. The summed E-state index contributed by atoms with van der Waals surface area (Å²) in [6.45, 7) is 2.26. The fourth-order valence-corrected chi connectivity index (χ4v) is 4.05. The molecule has 2 aromatic rings. The summed E-state index contributed by atoms with van der Waals surface area (Å²) in [5.41, 5.74) is 3.52. The van der Waals surface area contributed by atoms with Crippen molar-refractivity contribution in [1.82, 2.24) is 9.97 Å². The average Bonchev–Trinajstić information content (AvgIpc) is 2.62. The molecule has 0 unspecified atom stereocenters. The van der Waals surface area contributed by atoms with Crippen molar-refractivity contribution in [3.63, 3.8) is 0 Å². The number of benzene rings is 1. The predicted molar refractivity (Wildman–Crippen MR) is 110 cm³/mol. The van der Waals surface area contributed by atoms with Crippen molar-refractivity contribution in [2.24, 2.45) is 5.10 Å². The number of anilines is 2. The number of halogens is 3. The molecule has 3 rings (SSSR count). The van der Waals surface area contributed by atoms with Gasteiger partial charge in [-0.25, -0.2) is 14.8 Å². The number of phenols is 1. The standard InChI is InChI=1S/C15H14FI2N5O2/c16-10-8-19-15(21-14(10)23-1-3-25-4-2-23)22-20-7-9-5-11(17)13(24)12(18)6-9/h5-8,24H,1-4H2,(H,19,21,22)/b20-7+. The molecule has 1 aromatic heterocycles. The Morgan fingerprint density at radius 2 is 1.96 bits per heavy atom. The number of morpholine rings is 1. The number of rotatable bonds is 4. The zero-order chi connectivity index (χ0) is 17.8. The number of hydrogen-bond donors (Lipinski definition) is 2. The molecule has 1 aliphatic heterocycles. The summed E-state index contributed by atoms with van der Waals surface area (Å²) in [6.07, 6.45) is 2.72. The van der Waals surface area contributed by atoms with Gasteiger partial charge in [-0.05, 0) is 62.9 Å². The van der Waals surface area contributed by atoms with Crippen LogP contribution in [-0.2, 0) is 4.74 Å². The first-order chi connectivity index (χ1) is 12.0. The van der Waals surface area contributed by atoms with Crippen LogP contribution in [-0.4, -0.2) is 47.6 Å². The van der Waals surface area contributed by atoms with Crippen molar-refractivity contribution in [2.45, 2.75) is 0 Å². The smallest absolute Gasteiger partial charge is 0.245 e. The van der Waals surface area contributed by atoms with Crippen LogP contribution in [0.15, 0.2) is 23.4 Å². The highest BCUT2D eigenvalue weighted by Crippen LogP contribution is 2.26. The molecule has 0 atom stereocenters. The largest absolute Gasteiger partial charge is 0.506 e. The van der Waals surface area contributed by atoms with E-state index in [1.54, 1.807) is 18.3 Å². The minimum absolute atomic E-state index is 0.210. The van der Waals surface area contributed by atoms with Crippen molar-refractivity contribution in [1.29, 1.82) is 0 Å². The first-order valence-electron chi connectivity index (χ1n) is 7.37. The molecule has 132 valence electrons. The van der Waals surface area contributed by atoms with Crippen LogP contribution in [0.4, 0.5) is 16.2 Å². The van der Waals surface area contributed by atoms with Crippen molar-refractivity contribution in [3.8, 4) is 5.75 Å². The van der Waals surface area contributed by atoms with Crippen LogP contribution < -0.4 is 10.3 Å². The summed E-state index contributed by atoms with van der Waals surface area (Å²) in [6, 6.07) is 3.60. The third-order valence-corrected chi connectivity index (χ3v) is 5.10. The van der Waals surface area contributed by atoms with Crippen LogP contribution in [0, 0.1) is 13.0 Å². The molecule has 10 heteroatoms. The van der Waals surface area contributed by atoms with E-state index in [1.165, 1.54) is 0 Å². The fourth-order valence-electron chi connectivity index (χ4n) is 2.23. The third-order valence-electron chi connectivity index (χ3n) is 3.45. The molecule has 1 aliphatic rings. The quantitative estimate of drug-likeness (QED) is 0.335. The van der Waals surface area contributed by atoms with Gasteiger partial charge < -0.3 is 14.7 Å². The molecule has 25 heavy (non-hydrogen) atoms. The molecular formula is C15H14FI2N5O2. The number of phenolic OH excluding ortho intramolecular Hbond substituents is 1. The van der Waals surface area contributed by atoms with Gasteiger partial charge in [0.1, 0.15) is 5.75 Å². The highest BCUT2D eigenvalue weighted by Gasteiger charge is 2.17. The van der Waals surface area contributed by atoms with Crippen molar-refractivity contribution in [2.75, 3.05) is 36.6 Å². The molecule has 7 nitrogen and oxygen atoms in total. The molecule has 1 aromatic carbocycles. The molecule has 2 heterocycles. The molecule has 0 amide bonds. The van der Waals surface area contributed by atoms with Crippen LogP contribution in [0.25, 0.3) is 0 Å². The second-order valence-corrected chi connectivity index (χ2v) is 7.49. The van der Waals surface area contributed by atoms with E-state index in [-0.39, 0.29) is 17.5 Å². The zero-order valence-electron chi connectivity index (χ0n) is 12.9. The molecule has 0 spiro atoms. The maximum atomic E-state index is 14.0. The minimum Gasteiger partial charge on any atom is -0.506 e. The van der Waals surface area contributed by atoms with Gasteiger partial charge in [0.2, 0.25) is 5.95 Å². The van der Waals surface area contributed by atoms with E-state index < -0.39 is 5.82 Å². The maximum absolute atomic E-state index is 14.0. The number of hydrazone groups is 1. The summed E-state index contributed by atoms with van der Waals surface area (Å²) in [4.78, 5) is 9.91. The number of aromatic hydroxyl groups is 1. The Kier molecular flexibility index (Phi) is 6.22. The number of nitrogens with zero attached hydrogens (tertiary/aromatic N) is 4. The molecule has 0 saturated carbocycles. The van der Waals surface area contributed by atoms with E-state index >= 15 is 0 Å². The van der Waals surface area contributed by atoms with Crippen LogP contribution in [0.3, 0.4) is 0 Å². The lowest BCUT2D eigenvalue weighted by molar-refractivity contribution is 0.122. The highest BCUT2D eigenvalue weighted by molar-refractivity contribution is 14.1. The van der Waals surface area contributed by atoms with Gasteiger partial charge in [0.25, 0.3) is 0 Å². The predicted octanol–water partition coefficient (Wildman–Crippen LogP) is 2.81. The van der Waals surface area contributed by atoms with Gasteiger partial charge in [-0.2, -0.15) is 10.1 Å². The number of hydrogen-bond acceptors (Lipinski definition) is 7. The SMILES string of the molecule is Oc1c(I)cc(/C=N/Nc2ncc(F)c(N3CCOCC3)n2)cc1I. The Bertz CT molecular complexity index is 776. The van der Waals surface area contributed by atoms with E-state index in [0.29, 0.717) is 26.3 Å². The van der Waals surface area contributed by atoms with E-state index in [2.05, 4.69) is 65.7 Å². The first kappa shape index (κ1) is 18.5. The summed E-state index contributed by atoms with van der Waals surface area (Å²) >= 11 is 4.11. The third kappa shape index (κ3) is 4.67. The summed E-state index contributed by atoms with van der Waals surface area (Å²) < 4.78 is 20.7. The van der Waals surface area contributed by atoms with Gasteiger partial charge in [-0.3, -0.25) is 0 Å². The van der Waals surface area contributed by atoms with E-state index in [0.717, 1.165) is 18.9 Å². The molecule has 0 bridgehead atoms. The monoisotopic (exact) mass is 569 g/mol. The highest BCUT2D eigenvalue weighted by atomic mass is 127. The van der Waals surface area contributed by atoms with Crippen LogP contribution in [0.5, 0.6) is 5.75 Å².